The van der Waals surface area contributed by atoms with Crippen LogP contribution in [0.5, 0.6) is 5.75 Å². The lowest BCUT2D eigenvalue weighted by Crippen LogP contribution is -2.06. The van der Waals surface area contributed by atoms with Crippen LogP contribution in [0, 0.1) is 17.6 Å². The van der Waals surface area contributed by atoms with Crippen molar-refractivity contribution in [1.29, 1.82) is 0 Å². The van der Waals surface area contributed by atoms with Crippen molar-refractivity contribution in [1.82, 2.24) is 0 Å². The molecule has 0 aromatic heterocycles. The van der Waals surface area contributed by atoms with Gasteiger partial charge in [-0.2, -0.15) is 0 Å². The van der Waals surface area contributed by atoms with Crippen molar-refractivity contribution in [2.45, 2.75) is 37.4 Å². The van der Waals surface area contributed by atoms with Crippen LogP contribution in [0.25, 0.3) is 0 Å². The number of benzene rings is 1. The van der Waals surface area contributed by atoms with E-state index < -0.39 is 11.6 Å². The van der Waals surface area contributed by atoms with E-state index in [1.807, 2.05) is 0 Å². The Morgan fingerprint density at radius 3 is 2.33 bits per heavy atom. The quantitative estimate of drug-likeness (QED) is 0.707. The van der Waals surface area contributed by atoms with Crippen molar-refractivity contribution in [3.63, 3.8) is 0 Å². The molecule has 0 spiro atoms. The van der Waals surface area contributed by atoms with Gasteiger partial charge in [-0.1, -0.05) is 41.6 Å². The molecule has 1 nitrogen and oxygen atoms in total. The maximum Gasteiger partial charge on any atom is 0.190 e. The summed E-state index contributed by atoms with van der Waals surface area (Å²) in [5.41, 5.74) is 0.577. The Morgan fingerprint density at radius 1 is 1.17 bits per heavy atom. The molecule has 1 aliphatic rings. The van der Waals surface area contributed by atoms with Gasteiger partial charge < -0.3 is 4.74 Å². The fourth-order valence-corrected chi connectivity index (χ4v) is 2.78. The minimum atomic E-state index is -0.615. The second-order valence-electron chi connectivity index (χ2n) is 4.81. The van der Waals surface area contributed by atoms with Crippen LogP contribution >= 0.6 is 15.9 Å². The number of halogens is 3. The lowest BCUT2D eigenvalue weighted by atomic mass is 10.1. The molecule has 1 aliphatic carbocycles. The predicted molar refractivity (Wildman–Crippen MR) is 71.1 cm³/mol. The Labute approximate surface area is 115 Å². The zero-order valence-corrected chi connectivity index (χ0v) is 11.8. The van der Waals surface area contributed by atoms with Gasteiger partial charge in [0.1, 0.15) is 0 Å². The molecule has 0 radical (unpaired) electrons. The van der Waals surface area contributed by atoms with Crippen LogP contribution in [0.1, 0.15) is 37.7 Å². The molecule has 1 aromatic carbocycles. The zero-order valence-electron chi connectivity index (χ0n) is 10.2. The first kappa shape index (κ1) is 13.8. The van der Waals surface area contributed by atoms with E-state index in [-0.39, 0.29) is 5.75 Å². The van der Waals surface area contributed by atoms with Crippen LogP contribution in [0.3, 0.4) is 0 Å². The maximum atomic E-state index is 13.6. The van der Waals surface area contributed by atoms with Gasteiger partial charge in [0, 0.05) is 5.33 Å². The first-order valence-electron chi connectivity index (χ1n) is 6.37. The smallest absolute Gasteiger partial charge is 0.190 e. The lowest BCUT2D eigenvalue weighted by Gasteiger charge is -2.12. The first-order chi connectivity index (χ1) is 8.70. The van der Waals surface area contributed by atoms with Crippen LogP contribution < -0.4 is 4.74 Å². The van der Waals surface area contributed by atoms with Crippen molar-refractivity contribution in [2.24, 2.45) is 5.92 Å². The standard InChI is InChI=1S/C14H17BrF2O/c15-9-11-7-12(16)14(13(17)8-11)18-6-5-10-3-1-2-4-10/h7-8,10H,1-6,9H2. The van der Waals surface area contributed by atoms with Crippen molar-refractivity contribution in [2.75, 3.05) is 6.61 Å². The van der Waals surface area contributed by atoms with E-state index >= 15 is 0 Å². The van der Waals surface area contributed by atoms with E-state index in [2.05, 4.69) is 15.9 Å². The Morgan fingerprint density at radius 2 is 1.78 bits per heavy atom. The number of hydrogen-bond acceptors (Lipinski definition) is 1. The highest BCUT2D eigenvalue weighted by molar-refractivity contribution is 9.08. The number of alkyl halides is 1. The minimum absolute atomic E-state index is 0.238. The summed E-state index contributed by atoms with van der Waals surface area (Å²) >= 11 is 3.17. The summed E-state index contributed by atoms with van der Waals surface area (Å²) in [5.74, 6) is -0.803. The van der Waals surface area contributed by atoms with Gasteiger partial charge in [-0.15, -0.1) is 0 Å². The van der Waals surface area contributed by atoms with Crippen LogP contribution in [0.2, 0.25) is 0 Å². The highest BCUT2D eigenvalue weighted by Crippen LogP contribution is 2.29. The molecule has 2 rings (SSSR count). The molecule has 0 unspecified atom stereocenters. The largest absolute Gasteiger partial charge is 0.488 e. The van der Waals surface area contributed by atoms with Crippen LogP contribution in [0.4, 0.5) is 8.78 Å². The fourth-order valence-electron chi connectivity index (χ4n) is 2.45. The number of rotatable bonds is 5. The highest BCUT2D eigenvalue weighted by atomic mass is 79.9. The van der Waals surface area contributed by atoms with Crippen LogP contribution in [-0.2, 0) is 5.33 Å². The van der Waals surface area contributed by atoms with Crippen LogP contribution in [0.15, 0.2) is 12.1 Å². The summed E-state index contributed by atoms with van der Waals surface area (Å²) in [6.45, 7) is 0.395. The van der Waals surface area contributed by atoms with Gasteiger partial charge in [0.05, 0.1) is 6.61 Å². The summed E-state index contributed by atoms with van der Waals surface area (Å²) in [4.78, 5) is 0. The van der Waals surface area contributed by atoms with Gasteiger partial charge in [0.15, 0.2) is 17.4 Å². The highest BCUT2D eigenvalue weighted by Gasteiger charge is 2.16. The van der Waals surface area contributed by atoms with Crippen molar-refractivity contribution < 1.29 is 13.5 Å². The van der Waals surface area contributed by atoms with E-state index in [9.17, 15) is 8.78 Å². The predicted octanol–water partition coefficient (Wildman–Crippen LogP) is 4.82. The average molecular weight is 319 g/mol. The van der Waals surface area contributed by atoms with Gasteiger partial charge in [-0.25, -0.2) is 8.78 Å². The van der Waals surface area contributed by atoms with E-state index in [0.717, 1.165) is 6.42 Å². The molecular weight excluding hydrogens is 302 g/mol. The molecule has 0 bridgehead atoms. The summed E-state index contributed by atoms with van der Waals surface area (Å²) in [7, 11) is 0. The maximum absolute atomic E-state index is 13.6. The molecule has 1 fully saturated rings. The summed E-state index contributed by atoms with van der Waals surface area (Å²) in [5, 5.41) is 0.434. The fraction of sp³-hybridized carbons (Fsp3) is 0.571. The molecule has 18 heavy (non-hydrogen) atoms. The molecule has 0 N–H and O–H groups in total. The third kappa shape index (κ3) is 3.44. The minimum Gasteiger partial charge on any atom is -0.488 e. The third-order valence-corrected chi connectivity index (χ3v) is 4.11. The van der Waals surface area contributed by atoms with Gasteiger partial charge in [0.2, 0.25) is 0 Å². The van der Waals surface area contributed by atoms with E-state index in [1.165, 1.54) is 37.8 Å². The lowest BCUT2D eigenvalue weighted by molar-refractivity contribution is 0.255. The van der Waals surface area contributed by atoms with Crippen molar-refractivity contribution >= 4 is 15.9 Å². The van der Waals surface area contributed by atoms with Gasteiger partial charge in [0.25, 0.3) is 0 Å². The molecule has 0 aliphatic heterocycles. The van der Waals surface area contributed by atoms with E-state index in [0.29, 0.717) is 23.4 Å². The Kier molecular flexibility index (Phi) is 4.98. The molecule has 0 amide bonds. The SMILES string of the molecule is Fc1cc(CBr)cc(F)c1OCCC1CCCC1. The summed E-state index contributed by atoms with van der Waals surface area (Å²) in [6.07, 6.45) is 5.87. The first-order valence-corrected chi connectivity index (χ1v) is 7.49. The van der Waals surface area contributed by atoms with E-state index in [1.54, 1.807) is 0 Å². The second kappa shape index (κ2) is 6.50. The van der Waals surface area contributed by atoms with Crippen LogP contribution in [-0.4, -0.2) is 6.61 Å². The Bertz CT molecular complexity index is 380. The number of ether oxygens (including phenoxy) is 1. The molecule has 0 saturated heterocycles. The monoisotopic (exact) mass is 318 g/mol. The normalized spacial score (nSPS) is 16.2. The molecule has 4 heteroatoms. The average Bonchev–Trinajstić information content (AvgIpc) is 2.85. The molecule has 0 heterocycles. The molecule has 1 saturated carbocycles. The molecular formula is C14H17BrF2O. The second-order valence-corrected chi connectivity index (χ2v) is 5.37. The zero-order chi connectivity index (χ0) is 13.0. The number of hydrogen-bond donors (Lipinski definition) is 0. The van der Waals surface area contributed by atoms with Crippen molar-refractivity contribution in [3.8, 4) is 5.75 Å². The van der Waals surface area contributed by atoms with Gasteiger partial charge in [-0.05, 0) is 30.0 Å². The van der Waals surface area contributed by atoms with Gasteiger partial charge in [-0.3, -0.25) is 0 Å². The Balaban J connectivity index is 1.92. The van der Waals surface area contributed by atoms with Gasteiger partial charge >= 0.3 is 0 Å². The van der Waals surface area contributed by atoms with Crippen molar-refractivity contribution in [3.05, 3.63) is 29.3 Å². The summed E-state index contributed by atoms with van der Waals surface area (Å²) in [6, 6.07) is 2.62. The van der Waals surface area contributed by atoms with E-state index in [4.69, 9.17) is 4.74 Å². The summed E-state index contributed by atoms with van der Waals surface area (Å²) < 4.78 is 32.5. The molecule has 0 atom stereocenters. The Hall–Kier alpha value is -0.640. The third-order valence-electron chi connectivity index (χ3n) is 3.46. The topological polar surface area (TPSA) is 9.23 Å². The molecule has 1 aromatic rings. The molecule has 100 valence electrons.